The summed E-state index contributed by atoms with van der Waals surface area (Å²) in [6.45, 7) is 3.77. The minimum atomic E-state index is -0.593. The molecule has 0 radical (unpaired) electrons. The van der Waals surface area contributed by atoms with E-state index < -0.39 is 5.24 Å². The van der Waals surface area contributed by atoms with Crippen molar-refractivity contribution < 1.29 is 4.79 Å². The van der Waals surface area contributed by atoms with Crippen molar-refractivity contribution in [1.29, 1.82) is 0 Å². The number of carbonyl (C=O) groups excluding carboxylic acids is 1. The summed E-state index contributed by atoms with van der Waals surface area (Å²) in [7, 11) is 0. The maximum Gasteiger partial charge on any atom is 0.227 e. The first-order chi connectivity index (χ1) is 8.97. The topological polar surface area (TPSA) is 52.0 Å². The van der Waals surface area contributed by atoms with E-state index in [4.69, 9.17) is 11.6 Å². The Morgan fingerprint density at radius 3 is 2.68 bits per heavy atom. The minimum absolute atomic E-state index is 0.159. The third-order valence-corrected chi connectivity index (χ3v) is 2.87. The van der Waals surface area contributed by atoms with Gasteiger partial charge in [-0.3, -0.25) is 9.59 Å². The van der Waals surface area contributed by atoms with Gasteiger partial charge in [-0.1, -0.05) is 12.1 Å². The van der Waals surface area contributed by atoms with Crippen LogP contribution < -0.4 is 5.43 Å². The summed E-state index contributed by atoms with van der Waals surface area (Å²) < 4.78 is 1.64. The van der Waals surface area contributed by atoms with E-state index in [9.17, 15) is 9.59 Å². The number of aromatic nitrogens is 2. The average molecular weight is 277 g/mol. The lowest BCUT2D eigenvalue weighted by molar-refractivity contribution is -0.111. The molecule has 0 aliphatic heterocycles. The van der Waals surface area contributed by atoms with Gasteiger partial charge in [-0.15, -0.1) is 0 Å². The van der Waals surface area contributed by atoms with E-state index in [0.29, 0.717) is 5.69 Å². The van der Waals surface area contributed by atoms with Crippen LogP contribution in [-0.4, -0.2) is 15.0 Å². The molecular formula is C14H13ClN2O2. The SMILES string of the molecule is Cc1cccc(-n2nc(CC(=O)Cl)c(=O)cc2C)c1. The summed E-state index contributed by atoms with van der Waals surface area (Å²) in [4.78, 5) is 22.7. The molecule has 1 aromatic heterocycles. The van der Waals surface area contributed by atoms with Gasteiger partial charge in [-0.25, -0.2) is 4.68 Å². The third kappa shape index (κ3) is 3.09. The molecule has 0 fully saturated rings. The molecule has 4 nitrogen and oxygen atoms in total. The molecule has 0 unspecified atom stereocenters. The van der Waals surface area contributed by atoms with Crippen LogP contribution in [0.15, 0.2) is 35.1 Å². The minimum Gasteiger partial charge on any atom is -0.288 e. The van der Waals surface area contributed by atoms with Gasteiger partial charge in [-0.2, -0.15) is 5.10 Å². The fourth-order valence-electron chi connectivity index (χ4n) is 1.86. The van der Waals surface area contributed by atoms with Crippen LogP contribution >= 0.6 is 11.6 Å². The van der Waals surface area contributed by atoms with Crippen molar-refractivity contribution in [2.24, 2.45) is 0 Å². The zero-order valence-corrected chi connectivity index (χ0v) is 11.4. The van der Waals surface area contributed by atoms with Gasteiger partial charge in [0.1, 0.15) is 5.69 Å². The second-order valence-electron chi connectivity index (χ2n) is 4.38. The summed E-state index contributed by atoms with van der Waals surface area (Å²) in [6, 6.07) is 9.20. The van der Waals surface area contributed by atoms with E-state index in [1.54, 1.807) is 11.6 Å². The fourth-order valence-corrected chi connectivity index (χ4v) is 1.98. The number of carbonyl (C=O) groups is 1. The molecule has 2 aromatic rings. The van der Waals surface area contributed by atoms with E-state index >= 15 is 0 Å². The van der Waals surface area contributed by atoms with Crippen molar-refractivity contribution in [1.82, 2.24) is 9.78 Å². The highest BCUT2D eigenvalue weighted by Crippen LogP contribution is 2.11. The average Bonchev–Trinajstić information content (AvgIpc) is 2.32. The summed E-state index contributed by atoms with van der Waals surface area (Å²) in [5.74, 6) is 0. The van der Waals surface area contributed by atoms with Crippen molar-refractivity contribution in [3.63, 3.8) is 0 Å². The van der Waals surface area contributed by atoms with Crippen molar-refractivity contribution in [3.8, 4) is 5.69 Å². The number of nitrogens with zero attached hydrogens (tertiary/aromatic N) is 2. The van der Waals surface area contributed by atoms with E-state index in [1.807, 2.05) is 31.2 Å². The highest BCUT2D eigenvalue weighted by Gasteiger charge is 2.10. The number of halogens is 1. The Hall–Kier alpha value is -1.94. The molecule has 1 aromatic carbocycles. The number of aryl methyl sites for hydroxylation is 2. The van der Waals surface area contributed by atoms with Gasteiger partial charge in [0.2, 0.25) is 10.7 Å². The number of hydrogen-bond acceptors (Lipinski definition) is 3. The Morgan fingerprint density at radius 1 is 1.32 bits per heavy atom. The third-order valence-electron chi connectivity index (χ3n) is 2.73. The van der Waals surface area contributed by atoms with Crippen LogP contribution in [0.3, 0.4) is 0 Å². The van der Waals surface area contributed by atoms with Crippen LogP contribution in [0.4, 0.5) is 0 Å². The van der Waals surface area contributed by atoms with Crippen molar-refractivity contribution in [2.75, 3.05) is 0 Å². The quantitative estimate of drug-likeness (QED) is 0.807. The lowest BCUT2D eigenvalue weighted by atomic mass is 10.2. The summed E-state index contributed by atoms with van der Waals surface area (Å²) in [5, 5.41) is 3.63. The fraction of sp³-hybridized carbons (Fsp3) is 0.214. The Kier molecular flexibility index (Phi) is 3.81. The lowest BCUT2D eigenvalue weighted by Crippen LogP contribution is -2.20. The highest BCUT2D eigenvalue weighted by molar-refractivity contribution is 6.63. The first-order valence-corrected chi connectivity index (χ1v) is 6.20. The molecule has 0 spiro atoms. The molecule has 0 saturated carbocycles. The molecule has 0 N–H and O–H groups in total. The van der Waals surface area contributed by atoms with Gasteiger partial charge in [-0.05, 0) is 43.1 Å². The maximum absolute atomic E-state index is 11.7. The van der Waals surface area contributed by atoms with Gasteiger partial charge < -0.3 is 0 Å². The highest BCUT2D eigenvalue weighted by atomic mass is 35.5. The Labute approximate surface area is 115 Å². The second-order valence-corrected chi connectivity index (χ2v) is 4.80. The maximum atomic E-state index is 11.7. The summed E-state index contributed by atoms with van der Waals surface area (Å²) >= 11 is 5.32. The predicted molar refractivity (Wildman–Crippen MR) is 73.9 cm³/mol. The van der Waals surface area contributed by atoms with Crippen LogP contribution in [0.1, 0.15) is 17.0 Å². The Morgan fingerprint density at radius 2 is 2.05 bits per heavy atom. The van der Waals surface area contributed by atoms with Crippen LogP contribution in [0.2, 0.25) is 0 Å². The summed E-state index contributed by atoms with van der Waals surface area (Å²) in [5.41, 5.74) is 2.54. The number of benzene rings is 1. The van der Waals surface area contributed by atoms with Gasteiger partial charge in [0.25, 0.3) is 0 Å². The lowest BCUT2D eigenvalue weighted by Gasteiger charge is -2.11. The molecule has 98 valence electrons. The normalized spacial score (nSPS) is 10.5. The Balaban J connectivity index is 2.57. The van der Waals surface area contributed by atoms with E-state index in [1.165, 1.54) is 6.07 Å². The van der Waals surface area contributed by atoms with Crippen molar-refractivity contribution in [2.45, 2.75) is 20.3 Å². The molecule has 0 aliphatic rings. The van der Waals surface area contributed by atoms with Gasteiger partial charge in [0, 0.05) is 11.8 Å². The first kappa shape index (κ1) is 13.5. The van der Waals surface area contributed by atoms with Crippen LogP contribution in [-0.2, 0) is 11.2 Å². The zero-order valence-electron chi connectivity index (χ0n) is 10.7. The van der Waals surface area contributed by atoms with Gasteiger partial charge >= 0.3 is 0 Å². The Bertz CT molecular complexity index is 692. The van der Waals surface area contributed by atoms with Crippen LogP contribution in [0.25, 0.3) is 5.69 Å². The molecule has 2 rings (SSSR count). The first-order valence-electron chi connectivity index (χ1n) is 5.82. The standard InChI is InChI=1S/C14H13ClN2O2/c1-9-4-3-5-11(6-9)17-10(2)7-13(18)12(16-17)8-14(15)19/h3-7H,8H2,1-2H3. The number of hydrogen-bond donors (Lipinski definition) is 0. The van der Waals surface area contributed by atoms with Gasteiger partial charge in [0.05, 0.1) is 12.1 Å². The van der Waals surface area contributed by atoms with Crippen molar-refractivity contribution in [3.05, 3.63) is 57.5 Å². The predicted octanol–water partition coefficient (Wildman–Crippen LogP) is 2.16. The van der Waals surface area contributed by atoms with E-state index in [2.05, 4.69) is 5.10 Å². The monoisotopic (exact) mass is 276 g/mol. The molecule has 0 saturated heterocycles. The molecular weight excluding hydrogens is 264 g/mol. The van der Waals surface area contributed by atoms with Crippen LogP contribution in [0.5, 0.6) is 0 Å². The molecule has 0 atom stereocenters. The zero-order chi connectivity index (χ0) is 14.0. The molecule has 1 heterocycles. The molecule has 5 heteroatoms. The van der Waals surface area contributed by atoms with Crippen LogP contribution in [0, 0.1) is 13.8 Å². The largest absolute Gasteiger partial charge is 0.288 e. The van der Waals surface area contributed by atoms with Crippen molar-refractivity contribution >= 4 is 16.8 Å². The molecule has 19 heavy (non-hydrogen) atoms. The molecule has 0 amide bonds. The molecule has 0 bridgehead atoms. The smallest absolute Gasteiger partial charge is 0.227 e. The summed E-state index contributed by atoms with van der Waals surface area (Å²) in [6.07, 6.45) is -0.160. The second kappa shape index (κ2) is 5.36. The molecule has 0 aliphatic carbocycles. The van der Waals surface area contributed by atoms with E-state index in [-0.39, 0.29) is 17.5 Å². The van der Waals surface area contributed by atoms with Gasteiger partial charge in [0.15, 0.2) is 0 Å². The number of rotatable bonds is 3. The van der Waals surface area contributed by atoms with E-state index in [0.717, 1.165) is 11.3 Å².